The number of nitrogens with one attached hydrogen (secondary N) is 2. The van der Waals surface area contributed by atoms with Crippen molar-refractivity contribution < 1.29 is 51.6 Å². The summed E-state index contributed by atoms with van der Waals surface area (Å²) < 4.78 is 47.6. The number of terminal acetylenes is 1. The number of sulfonamides is 1. The molecule has 0 unspecified atom stereocenters. The number of aromatic carboxylic acids is 1. The number of carboxylic acids is 2. The van der Waals surface area contributed by atoms with Crippen molar-refractivity contribution in [2.45, 2.75) is 38.0 Å². The highest BCUT2D eigenvalue weighted by Crippen LogP contribution is 2.33. The summed E-state index contributed by atoms with van der Waals surface area (Å²) in [4.78, 5) is 60.4. The molecule has 3 heterocycles. The average molecular weight is 946 g/mol. The number of benzene rings is 3. The molecule has 2 amide bonds. The summed E-state index contributed by atoms with van der Waals surface area (Å²) in [5.41, 5.74) is -0.00869. The predicted molar refractivity (Wildman–Crippen MR) is 229 cm³/mol. The molecule has 4 N–H and O–H groups in total. The van der Waals surface area contributed by atoms with Crippen LogP contribution in [0, 0.1) is 19.3 Å². The molecule has 6 aromatic rings. The van der Waals surface area contributed by atoms with E-state index in [1.165, 1.54) is 38.3 Å². The van der Waals surface area contributed by atoms with E-state index in [2.05, 4.69) is 36.3 Å². The van der Waals surface area contributed by atoms with Gasteiger partial charge >= 0.3 is 29.7 Å². The molecular weight excluding hydrogens is 911 g/mol. The van der Waals surface area contributed by atoms with Crippen molar-refractivity contribution in [1.82, 2.24) is 34.4 Å². The Morgan fingerprint density at radius 2 is 1.65 bits per heavy atom. The first-order valence-electron chi connectivity index (χ1n) is 17.6. The number of amides is 2. The number of halogens is 3. The minimum atomic E-state index is -4.43. The molecule has 0 aliphatic rings. The van der Waals surface area contributed by atoms with Crippen LogP contribution in [0.25, 0.3) is 16.6 Å². The summed E-state index contributed by atoms with van der Waals surface area (Å²) in [6.45, 7) is 6.82. The molecule has 330 valence electrons. The van der Waals surface area contributed by atoms with Gasteiger partial charge in [0.25, 0.3) is 10.0 Å². The summed E-state index contributed by atoms with van der Waals surface area (Å²) in [6.07, 6.45) is 6.76. The molecule has 0 aliphatic heterocycles. The topological polar surface area (TPSA) is 277 Å². The maximum atomic E-state index is 12.2. The van der Waals surface area contributed by atoms with Crippen LogP contribution < -0.4 is 30.0 Å². The van der Waals surface area contributed by atoms with E-state index in [-0.39, 0.29) is 34.4 Å². The second-order valence-corrected chi connectivity index (χ2v) is 16.1. The van der Waals surface area contributed by atoms with Gasteiger partial charge in [0.1, 0.15) is 34.3 Å². The number of carboxylic acid groups (broad SMARTS) is 2. The number of hydrogen-bond donors (Lipinski definition) is 4. The summed E-state index contributed by atoms with van der Waals surface area (Å²) >= 11 is 18.2. The van der Waals surface area contributed by atoms with Gasteiger partial charge in [-0.05, 0) is 49.4 Å². The van der Waals surface area contributed by atoms with Crippen molar-refractivity contribution in [2.24, 2.45) is 0 Å². The number of hydrogen-bond acceptors (Lipinski definition) is 15. The van der Waals surface area contributed by atoms with E-state index in [9.17, 15) is 27.6 Å². The number of carbonyl (C=O) groups is 3. The zero-order valence-corrected chi connectivity index (χ0v) is 36.6. The van der Waals surface area contributed by atoms with Crippen LogP contribution >= 0.6 is 34.8 Å². The Labute approximate surface area is 373 Å². The van der Waals surface area contributed by atoms with E-state index in [1.807, 2.05) is 20.8 Å². The molecule has 3 aromatic carbocycles. The lowest BCUT2D eigenvalue weighted by Crippen LogP contribution is -2.35. The van der Waals surface area contributed by atoms with Crippen LogP contribution in [-0.4, -0.2) is 86.6 Å². The highest BCUT2D eigenvalue weighted by Gasteiger charge is 2.26. The molecule has 0 bridgehead atoms. The lowest BCUT2D eigenvalue weighted by atomic mass is 9.97. The summed E-state index contributed by atoms with van der Waals surface area (Å²) in [5, 5.41) is 25.7. The van der Waals surface area contributed by atoms with Gasteiger partial charge in [-0.25, -0.2) is 32.3 Å². The van der Waals surface area contributed by atoms with Gasteiger partial charge in [0, 0.05) is 23.1 Å². The minimum absolute atomic E-state index is 0.0434. The SMILES string of the molecule is C#CCOc1cc(-n2nc(C(C)(C)C)oc2=O)c(Cl)cc1Cl.COc1nc(C)nc(NC(=O)NS(=O)(=O)c2ccccc2C(=O)O)n1.O=C(O)COc1ccc(Cl)c2cccnc12. The number of nitrogens with zero attached hydrogens (tertiary/aromatic N) is 6. The third-order valence-corrected chi connectivity index (χ3v) is 9.85. The van der Waals surface area contributed by atoms with Crippen LogP contribution in [0.4, 0.5) is 10.7 Å². The number of anilines is 1. The molecule has 0 saturated heterocycles. The molecular formula is C39H35Cl3N8O12S. The smallest absolute Gasteiger partial charge is 0.442 e. The van der Waals surface area contributed by atoms with Gasteiger partial charge in [0.05, 0.1) is 33.4 Å². The third kappa shape index (κ3) is 13.3. The number of aromatic nitrogens is 6. The average Bonchev–Trinajstić information content (AvgIpc) is 3.62. The Bertz CT molecular complexity index is 2880. The first-order valence-corrected chi connectivity index (χ1v) is 20.2. The van der Waals surface area contributed by atoms with E-state index in [4.69, 9.17) is 70.1 Å². The molecule has 0 spiro atoms. The molecule has 63 heavy (non-hydrogen) atoms. The molecule has 0 radical (unpaired) electrons. The van der Waals surface area contributed by atoms with Gasteiger partial charge in [-0.15, -0.1) is 11.5 Å². The van der Waals surface area contributed by atoms with Crippen molar-refractivity contribution in [3.8, 4) is 35.5 Å². The number of aliphatic carboxylic acids is 1. The molecule has 0 fully saturated rings. The van der Waals surface area contributed by atoms with Crippen molar-refractivity contribution in [3.05, 3.63) is 110 Å². The minimum Gasteiger partial charge on any atom is -0.480 e. The van der Waals surface area contributed by atoms with Crippen molar-refractivity contribution in [1.29, 1.82) is 0 Å². The number of fused-ring (bicyclic) bond motifs is 1. The van der Waals surface area contributed by atoms with Crippen LogP contribution in [0.2, 0.25) is 15.1 Å². The number of rotatable bonds is 11. The fourth-order valence-corrected chi connectivity index (χ4v) is 6.64. The van der Waals surface area contributed by atoms with Gasteiger partial charge < -0.3 is 28.8 Å². The monoisotopic (exact) mass is 944 g/mol. The second-order valence-electron chi connectivity index (χ2n) is 13.2. The van der Waals surface area contributed by atoms with Crippen molar-refractivity contribution in [2.75, 3.05) is 25.6 Å². The van der Waals surface area contributed by atoms with Gasteiger partial charge in [0.2, 0.25) is 11.8 Å². The van der Waals surface area contributed by atoms with Crippen LogP contribution in [0.5, 0.6) is 17.5 Å². The molecule has 24 heteroatoms. The Balaban J connectivity index is 0.000000212. The number of urea groups is 1. The summed E-state index contributed by atoms with van der Waals surface area (Å²) in [6, 6.07) is 13.4. The standard InChI is InChI=1S/C15H14Cl2N2O3.C13H13N5O6S.C11H8ClNO3/c1-5-6-21-12-8-11(9(16)7-10(12)17)19-14(20)22-13(18-19)15(2,3)4;1-7-14-11(17-13(15-7)24-2)16-12(21)18-25(22,23)9-6-4-3-5-8(9)10(19)20;12-8-3-4-9(16-6-10(14)15)11-7(8)2-1-5-13-11/h1,7-8H,6H2,2-4H3;3-6H,1-2H3,(H,19,20)(H2,14,15,16,17,18,21);1-5H,6H2,(H,14,15). The molecule has 20 nitrogen and oxygen atoms in total. The predicted octanol–water partition coefficient (Wildman–Crippen LogP) is 6.19. The van der Waals surface area contributed by atoms with E-state index in [0.29, 0.717) is 33.6 Å². The quantitative estimate of drug-likeness (QED) is 0.105. The number of methoxy groups -OCH3 is 1. The molecule has 6 rings (SSSR count). The van der Waals surface area contributed by atoms with E-state index >= 15 is 0 Å². The zero-order valence-electron chi connectivity index (χ0n) is 33.5. The van der Waals surface area contributed by atoms with Crippen molar-refractivity contribution in [3.63, 3.8) is 0 Å². The normalized spacial score (nSPS) is 10.8. The van der Waals surface area contributed by atoms with Crippen LogP contribution in [-0.2, 0) is 20.2 Å². The van der Waals surface area contributed by atoms with Crippen LogP contribution in [0.15, 0.2) is 81.0 Å². The lowest BCUT2D eigenvalue weighted by Gasteiger charge is -2.11. The molecule has 0 saturated carbocycles. The number of pyridine rings is 1. The maximum Gasteiger partial charge on any atom is 0.442 e. The number of carbonyl (C=O) groups excluding carboxylic acids is 1. The molecule has 0 atom stereocenters. The van der Waals surface area contributed by atoms with E-state index in [1.54, 1.807) is 35.2 Å². The maximum absolute atomic E-state index is 12.2. The van der Waals surface area contributed by atoms with Crippen LogP contribution in [0.3, 0.4) is 0 Å². The highest BCUT2D eigenvalue weighted by molar-refractivity contribution is 7.90. The second kappa shape index (κ2) is 21.2. The van der Waals surface area contributed by atoms with Gasteiger partial charge in [-0.2, -0.15) is 19.6 Å². The Morgan fingerprint density at radius 3 is 2.29 bits per heavy atom. The highest BCUT2D eigenvalue weighted by atomic mass is 35.5. The van der Waals surface area contributed by atoms with Gasteiger partial charge in [0.15, 0.2) is 6.61 Å². The fraction of sp³-hybridized carbons (Fsp3) is 0.205. The van der Waals surface area contributed by atoms with E-state index in [0.717, 1.165) is 22.2 Å². The number of aryl methyl sites for hydroxylation is 1. The van der Waals surface area contributed by atoms with E-state index < -0.39 is 56.2 Å². The Morgan fingerprint density at radius 1 is 0.937 bits per heavy atom. The largest absolute Gasteiger partial charge is 0.480 e. The van der Waals surface area contributed by atoms with Crippen LogP contribution in [0.1, 0.15) is 42.8 Å². The third-order valence-electron chi connectivity index (χ3n) is 7.53. The molecule has 3 aromatic heterocycles. The first-order chi connectivity index (χ1) is 29.6. The zero-order chi connectivity index (χ0) is 46.6. The molecule has 0 aliphatic carbocycles. The van der Waals surface area contributed by atoms with Gasteiger partial charge in [-0.1, -0.05) is 73.6 Å². The number of ether oxygens (including phenoxy) is 3. The summed E-state index contributed by atoms with van der Waals surface area (Å²) in [5.74, 6) is 0.256. The van der Waals surface area contributed by atoms with Gasteiger partial charge in [-0.3, -0.25) is 10.3 Å². The Kier molecular flexibility index (Phi) is 16.4. The lowest BCUT2D eigenvalue weighted by molar-refractivity contribution is -0.139. The fourth-order valence-electron chi connectivity index (χ4n) is 4.80. The Hall–Kier alpha value is -6.99. The first kappa shape index (κ1) is 48.7. The summed E-state index contributed by atoms with van der Waals surface area (Å²) in [7, 11) is -3.11. The van der Waals surface area contributed by atoms with Crippen molar-refractivity contribution >= 4 is 79.6 Å².